The van der Waals surface area contributed by atoms with Gasteiger partial charge in [0.15, 0.2) is 0 Å². The summed E-state index contributed by atoms with van der Waals surface area (Å²) < 4.78 is 31.9. The van der Waals surface area contributed by atoms with Crippen LogP contribution in [0.15, 0.2) is 48.9 Å². The number of hydrogen-bond acceptors (Lipinski definition) is 6. The number of aliphatic hydroxyl groups is 1. The SMILES string of the molecule is C[C@@H]1C[C@H](N)CN(c2ccncc2Cc2ncc3ccc(-c4c(F)cc(C5(O)CCC5)cc4F)nn23)C1. The lowest BCUT2D eigenvalue weighted by molar-refractivity contribution is -0.0392. The van der Waals surface area contributed by atoms with Gasteiger partial charge in [0.1, 0.15) is 17.5 Å². The maximum Gasteiger partial charge on any atom is 0.136 e. The van der Waals surface area contributed by atoms with E-state index in [0.717, 1.165) is 42.7 Å². The number of nitrogens with two attached hydrogens (primary N) is 1. The van der Waals surface area contributed by atoms with Crippen molar-refractivity contribution in [2.75, 3.05) is 18.0 Å². The van der Waals surface area contributed by atoms with Gasteiger partial charge in [-0.1, -0.05) is 6.92 Å². The third-order valence-electron chi connectivity index (χ3n) is 7.73. The van der Waals surface area contributed by atoms with Gasteiger partial charge < -0.3 is 15.7 Å². The van der Waals surface area contributed by atoms with E-state index in [9.17, 15) is 5.11 Å². The summed E-state index contributed by atoms with van der Waals surface area (Å²) in [4.78, 5) is 11.2. The number of aromatic nitrogens is 4. The number of hydrogen-bond donors (Lipinski definition) is 2. The van der Waals surface area contributed by atoms with Crippen molar-refractivity contribution in [1.29, 1.82) is 0 Å². The zero-order valence-corrected chi connectivity index (χ0v) is 20.7. The number of rotatable bonds is 5. The molecule has 6 rings (SSSR count). The number of nitrogens with zero attached hydrogens (tertiary/aromatic N) is 5. The van der Waals surface area contributed by atoms with Crippen molar-refractivity contribution in [2.24, 2.45) is 11.7 Å². The van der Waals surface area contributed by atoms with Crippen LogP contribution in [0.1, 0.15) is 49.6 Å². The highest BCUT2D eigenvalue weighted by atomic mass is 19.1. The van der Waals surface area contributed by atoms with Crippen molar-refractivity contribution >= 4 is 11.2 Å². The van der Waals surface area contributed by atoms with E-state index < -0.39 is 17.2 Å². The standard InChI is InChI=1S/C28H30F2N6O/c1-17-9-20(31)16-35(15-17)25-5-8-32-13-18(25)10-26-33-14-21-3-4-24(34-36(21)26)27-22(29)11-19(12-23(27)30)28(37)6-2-7-28/h3-5,8,11-14,17,20,37H,2,6-7,9-10,15-16,31H2,1H3/t17-,20+/m1/s1. The van der Waals surface area contributed by atoms with Crippen molar-refractivity contribution < 1.29 is 13.9 Å². The first kappa shape index (κ1) is 23.9. The van der Waals surface area contributed by atoms with Crippen molar-refractivity contribution in [3.8, 4) is 11.3 Å². The zero-order valence-electron chi connectivity index (χ0n) is 20.7. The molecule has 1 aromatic carbocycles. The quantitative estimate of drug-likeness (QED) is 0.423. The number of imidazole rings is 1. The summed E-state index contributed by atoms with van der Waals surface area (Å²) in [6, 6.07) is 7.90. The van der Waals surface area contributed by atoms with Crippen molar-refractivity contribution in [3.63, 3.8) is 0 Å². The Morgan fingerprint density at radius 3 is 2.59 bits per heavy atom. The summed E-state index contributed by atoms with van der Waals surface area (Å²) in [5.41, 5.74) is 8.14. The number of piperidine rings is 1. The number of benzene rings is 1. The summed E-state index contributed by atoms with van der Waals surface area (Å²) in [5.74, 6) is -0.355. The summed E-state index contributed by atoms with van der Waals surface area (Å²) in [5, 5.41) is 15.1. The molecule has 3 N–H and O–H groups in total. The fourth-order valence-corrected chi connectivity index (χ4v) is 5.71. The average Bonchev–Trinajstić information content (AvgIpc) is 3.24. The summed E-state index contributed by atoms with van der Waals surface area (Å²) in [6.07, 6.45) is 8.60. The Labute approximate surface area is 214 Å². The monoisotopic (exact) mass is 504 g/mol. The number of halogens is 2. The molecule has 0 radical (unpaired) electrons. The highest BCUT2D eigenvalue weighted by Gasteiger charge is 2.37. The minimum Gasteiger partial charge on any atom is -0.385 e. The third-order valence-corrected chi connectivity index (χ3v) is 7.73. The molecule has 2 aliphatic rings. The van der Waals surface area contributed by atoms with Gasteiger partial charge in [0.2, 0.25) is 0 Å². The van der Waals surface area contributed by atoms with Gasteiger partial charge in [-0.05, 0) is 67.5 Å². The number of fused-ring (bicyclic) bond motifs is 1. The Morgan fingerprint density at radius 1 is 1.11 bits per heavy atom. The fraction of sp³-hybridized carbons (Fsp3) is 0.393. The molecule has 0 bridgehead atoms. The topological polar surface area (TPSA) is 92.6 Å². The molecule has 1 aliphatic carbocycles. The van der Waals surface area contributed by atoms with Gasteiger partial charge in [-0.25, -0.2) is 18.3 Å². The first-order chi connectivity index (χ1) is 17.8. The van der Waals surface area contributed by atoms with Gasteiger partial charge in [-0.2, -0.15) is 5.10 Å². The average molecular weight is 505 g/mol. The molecule has 9 heteroatoms. The molecule has 2 fully saturated rings. The molecule has 0 unspecified atom stereocenters. The Bertz CT molecular complexity index is 1430. The normalized spacial score (nSPS) is 21.3. The lowest BCUT2D eigenvalue weighted by Gasteiger charge is -2.37. The van der Waals surface area contributed by atoms with E-state index in [1.54, 1.807) is 29.0 Å². The highest BCUT2D eigenvalue weighted by molar-refractivity contribution is 5.64. The van der Waals surface area contributed by atoms with E-state index in [0.29, 0.717) is 31.0 Å². The van der Waals surface area contributed by atoms with Crippen LogP contribution in [0.5, 0.6) is 0 Å². The molecule has 3 aromatic heterocycles. The van der Waals surface area contributed by atoms with Crippen LogP contribution in [0.3, 0.4) is 0 Å². The van der Waals surface area contributed by atoms with E-state index >= 15 is 8.78 Å². The Hall–Kier alpha value is -3.43. The molecule has 1 aliphatic heterocycles. The molecule has 4 aromatic rings. The smallest absolute Gasteiger partial charge is 0.136 e. The van der Waals surface area contributed by atoms with Gasteiger partial charge in [-0.3, -0.25) is 4.98 Å². The van der Waals surface area contributed by atoms with Crippen LogP contribution >= 0.6 is 0 Å². The second kappa shape index (κ2) is 9.15. The number of pyridine rings is 1. The lowest BCUT2D eigenvalue weighted by atomic mass is 9.75. The predicted molar refractivity (Wildman–Crippen MR) is 137 cm³/mol. The van der Waals surface area contributed by atoms with Crippen molar-refractivity contribution in [2.45, 2.75) is 50.7 Å². The Morgan fingerprint density at radius 2 is 1.89 bits per heavy atom. The molecule has 4 heterocycles. The highest BCUT2D eigenvalue weighted by Crippen LogP contribution is 2.42. The van der Waals surface area contributed by atoms with Crippen LogP contribution in [-0.2, 0) is 12.0 Å². The van der Waals surface area contributed by atoms with Crippen LogP contribution in [0.2, 0.25) is 0 Å². The molecule has 37 heavy (non-hydrogen) atoms. The Balaban J connectivity index is 1.35. The summed E-state index contributed by atoms with van der Waals surface area (Å²) >= 11 is 0. The molecule has 1 saturated heterocycles. The van der Waals surface area contributed by atoms with Gasteiger partial charge in [-0.15, -0.1) is 0 Å². The predicted octanol–water partition coefficient (Wildman–Crippen LogP) is 4.21. The molecule has 0 spiro atoms. The number of anilines is 1. The van der Waals surface area contributed by atoms with Crippen molar-refractivity contribution in [1.82, 2.24) is 19.6 Å². The lowest BCUT2D eigenvalue weighted by Crippen LogP contribution is -2.46. The van der Waals surface area contributed by atoms with E-state index in [4.69, 9.17) is 5.73 Å². The van der Waals surface area contributed by atoms with E-state index in [-0.39, 0.29) is 22.9 Å². The second-order valence-electron chi connectivity index (χ2n) is 10.6. The van der Waals surface area contributed by atoms with E-state index in [2.05, 4.69) is 26.9 Å². The molecule has 1 saturated carbocycles. The molecule has 7 nitrogen and oxygen atoms in total. The fourth-order valence-electron chi connectivity index (χ4n) is 5.71. The van der Waals surface area contributed by atoms with Gasteiger partial charge in [0.25, 0.3) is 0 Å². The molecular weight excluding hydrogens is 474 g/mol. The molecular formula is C28H30F2N6O. The van der Waals surface area contributed by atoms with Crippen LogP contribution in [-0.4, -0.2) is 43.8 Å². The largest absolute Gasteiger partial charge is 0.385 e. The van der Waals surface area contributed by atoms with Crippen molar-refractivity contribution in [3.05, 3.63) is 77.5 Å². The first-order valence-corrected chi connectivity index (χ1v) is 12.8. The van der Waals surface area contributed by atoms with Crippen LogP contribution in [0.25, 0.3) is 16.8 Å². The minimum atomic E-state index is -1.15. The zero-order chi connectivity index (χ0) is 25.7. The third kappa shape index (κ3) is 4.36. The van der Waals surface area contributed by atoms with Gasteiger partial charge in [0, 0.05) is 49.2 Å². The van der Waals surface area contributed by atoms with Crippen LogP contribution in [0.4, 0.5) is 14.5 Å². The van der Waals surface area contributed by atoms with Crippen LogP contribution < -0.4 is 10.6 Å². The maximum absolute atomic E-state index is 15.1. The second-order valence-corrected chi connectivity index (χ2v) is 10.6. The molecule has 2 atom stereocenters. The molecule has 0 amide bonds. The van der Waals surface area contributed by atoms with Crippen LogP contribution in [0, 0.1) is 17.6 Å². The summed E-state index contributed by atoms with van der Waals surface area (Å²) in [7, 11) is 0. The van der Waals surface area contributed by atoms with Gasteiger partial charge in [0.05, 0.1) is 28.6 Å². The van der Waals surface area contributed by atoms with E-state index in [1.807, 2.05) is 12.3 Å². The first-order valence-electron chi connectivity index (χ1n) is 12.8. The van der Waals surface area contributed by atoms with E-state index in [1.165, 1.54) is 12.1 Å². The Kier molecular flexibility index (Phi) is 5.92. The molecule has 192 valence electrons. The van der Waals surface area contributed by atoms with Gasteiger partial charge >= 0.3 is 0 Å². The summed E-state index contributed by atoms with van der Waals surface area (Å²) in [6.45, 7) is 3.90. The maximum atomic E-state index is 15.1. The minimum absolute atomic E-state index is 0.113.